The maximum absolute atomic E-state index is 11.6. The van der Waals surface area contributed by atoms with Crippen molar-refractivity contribution in [1.82, 2.24) is 9.55 Å². The molecule has 0 fully saturated rings. The van der Waals surface area contributed by atoms with E-state index in [0.29, 0.717) is 22.2 Å². The number of rotatable bonds is 4. The smallest absolute Gasteiger partial charge is 0.337 e. The molecule has 1 aromatic heterocycles. The van der Waals surface area contributed by atoms with Crippen LogP contribution >= 0.6 is 0 Å². The summed E-state index contributed by atoms with van der Waals surface area (Å²) >= 11 is 0. The van der Waals surface area contributed by atoms with E-state index in [9.17, 15) is 15.3 Å². The first-order valence-corrected chi connectivity index (χ1v) is 8.16. The minimum absolute atomic E-state index is 0.314. The summed E-state index contributed by atoms with van der Waals surface area (Å²) < 4.78 is 6.75. The van der Waals surface area contributed by atoms with Crippen LogP contribution in [0.2, 0.25) is 0 Å². The van der Waals surface area contributed by atoms with Crippen molar-refractivity contribution < 1.29 is 9.53 Å². The number of benzene rings is 2. The first kappa shape index (κ1) is 17.2. The zero-order chi connectivity index (χ0) is 18.7. The van der Waals surface area contributed by atoms with E-state index < -0.39 is 5.97 Å². The van der Waals surface area contributed by atoms with Gasteiger partial charge in [-0.05, 0) is 30.7 Å². The first-order chi connectivity index (χ1) is 12.6. The van der Waals surface area contributed by atoms with Gasteiger partial charge in [0.25, 0.3) is 0 Å². The van der Waals surface area contributed by atoms with E-state index in [-0.39, 0.29) is 0 Å². The molecule has 0 amide bonds. The maximum Gasteiger partial charge on any atom is 0.337 e. The molecule has 0 spiro atoms. The standard InChI is InChI=1S/C20H16N4O2/c1-3-8-24-18-10-16(12-22)15(11-21)9-17(18)23-19(24)13-4-6-14(7-5-13)20(25)26-2/h4-7,9-10H,3,8H2,1-2H3. The van der Waals surface area contributed by atoms with Gasteiger partial charge in [0.1, 0.15) is 18.0 Å². The monoisotopic (exact) mass is 344 g/mol. The van der Waals surface area contributed by atoms with Crippen molar-refractivity contribution in [3.63, 3.8) is 0 Å². The highest BCUT2D eigenvalue weighted by molar-refractivity contribution is 5.90. The molecule has 128 valence electrons. The Balaban J connectivity index is 2.19. The molecule has 0 aliphatic rings. The second-order valence-electron chi connectivity index (χ2n) is 5.77. The van der Waals surface area contributed by atoms with Crippen molar-refractivity contribution in [3.05, 3.63) is 53.1 Å². The Kier molecular flexibility index (Phi) is 4.68. The Hall–Kier alpha value is -3.64. The van der Waals surface area contributed by atoms with Gasteiger partial charge in [-0.1, -0.05) is 19.1 Å². The highest BCUT2D eigenvalue weighted by atomic mass is 16.5. The van der Waals surface area contributed by atoms with Crippen LogP contribution in [-0.2, 0) is 11.3 Å². The number of aryl methyl sites for hydroxylation is 1. The lowest BCUT2D eigenvalue weighted by atomic mass is 10.1. The molecule has 0 aliphatic heterocycles. The Morgan fingerprint density at radius 1 is 1.15 bits per heavy atom. The van der Waals surface area contributed by atoms with Crippen LogP contribution in [-0.4, -0.2) is 22.6 Å². The van der Waals surface area contributed by atoms with Crippen molar-refractivity contribution in [2.45, 2.75) is 19.9 Å². The Bertz CT molecular complexity index is 1070. The number of ether oxygens (including phenoxy) is 1. The summed E-state index contributed by atoms with van der Waals surface area (Å²) in [6.07, 6.45) is 0.889. The number of hydrogen-bond acceptors (Lipinski definition) is 5. The van der Waals surface area contributed by atoms with Gasteiger partial charge in [0.05, 0.1) is 34.8 Å². The second-order valence-corrected chi connectivity index (χ2v) is 5.77. The number of methoxy groups -OCH3 is 1. The third kappa shape index (κ3) is 2.89. The van der Waals surface area contributed by atoms with E-state index in [2.05, 4.69) is 18.0 Å². The fourth-order valence-electron chi connectivity index (χ4n) is 2.90. The predicted molar refractivity (Wildman–Crippen MR) is 96.2 cm³/mol. The molecule has 0 atom stereocenters. The van der Waals surface area contributed by atoms with Crippen LogP contribution < -0.4 is 0 Å². The van der Waals surface area contributed by atoms with Gasteiger partial charge in [0, 0.05) is 12.1 Å². The molecule has 0 N–H and O–H groups in total. The molecule has 0 saturated carbocycles. The number of nitrogens with zero attached hydrogens (tertiary/aromatic N) is 4. The highest BCUT2D eigenvalue weighted by Crippen LogP contribution is 2.27. The summed E-state index contributed by atoms with van der Waals surface area (Å²) in [5, 5.41) is 18.5. The molecule has 6 heteroatoms. The molecule has 3 aromatic rings. The molecule has 0 radical (unpaired) electrons. The summed E-state index contributed by atoms with van der Waals surface area (Å²) in [5.41, 5.74) is 3.45. The zero-order valence-electron chi connectivity index (χ0n) is 14.5. The van der Waals surface area contributed by atoms with Crippen LogP contribution in [0.5, 0.6) is 0 Å². The third-order valence-corrected chi connectivity index (χ3v) is 4.14. The molecule has 1 heterocycles. The van der Waals surface area contributed by atoms with Crippen molar-refractivity contribution in [1.29, 1.82) is 10.5 Å². The summed E-state index contributed by atoms with van der Waals surface area (Å²) in [5.74, 6) is 0.341. The number of imidazole rings is 1. The Morgan fingerprint density at radius 2 is 1.81 bits per heavy atom. The molecule has 0 unspecified atom stereocenters. The summed E-state index contributed by atoms with van der Waals surface area (Å²) in [6.45, 7) is 2.78. The van der Waals surface area contributed by atoms with Gasteiger partial charge >= 0.3 is 5.97 Å². The van der Waals surface area contributed by atoms with Crippen molar-refractivity contribution >= 4 is 17.0 Å². The molecular formula is C20H16N4O2. The fourth-order valence-corrected chi connectivity index (χ4v) is 2.90. The molecule has 2 aromatic carbocycles. The van der Waals surface area contributed by atoms with Crippen LogP contribution in [0.4, 0.5) is 0 Å². The summed E-state index contributed by atoms with van der Waals surface area (Å²) in [4.78, 5) is 16.3. The lowest BCUT2D eigenvalue weighted by Crippen LogP contribution is -2.02. The largest absolute Gasteiger partial charge is 0.465 e. The van der Waals surface area contributed by atoms with E-state index in [4.69, 9.17) is 4.74 Å². The topological polar surface area (TPSA) is 91.7 Å². The maximum atomic E-state index is 11.6. The number of nitriles is 2. The number of esters is 1. The minimum Gasteiger partial charge on any atom is -0.465 e. The van der Waals surface area contributed by atoms with Gasteiger partial charge in [0.2, 0.25) is 0 Å². The van der Waals surface area contributed by atoms with E-state index in [1.165, 1.54) is 7.11 Å². The highest BCUT2D eigenvalue weighted by Gasteiger charge is 2.16. The Morgan fingerprint density at radius 3 is 2.38 bits per heavy atom. The van der Waals surface area contributed by atoms with Gasteiger partial charge < -0.3 is 9.30 Å². The van der Waals surface area contributed by atoms with E-state index in [0.717, 1.165) is 29.9 Å². The van der Waals surface area contributed by atoms with Crippen molar-refractivity contribution in [3.8, 4) is 23.5 Å². The van der Waals surface area contributed by atoms with Crippen molar-refractivity contribution in [2.24, 2.45) is 0 Å². The van der Waals surface area contributed by atoms with E-state index in [1.807, 2.05) is 22.8 Å². The molecule has 6 nitrogen and oxygen atoms in total. The predicted octanol–water partition coefficient (Wildman–Crippen LogP) is 3.64. The van der Waals surface area contributed by atoms with Gasteiger partial charge in [-0.25, -0.2) is 9.78 Å². The second kappa shape index (κ2) is 7.08. The normalized spacial score (nSPS) is 10.3. The molecule has 3 rings (SSSR count). The fraction of sp³-hybridized carbons (Fsp3) is 0.200. The SMILES string of the molecule is CCCn1c(-c2ccc(C(=O)OC)cc2)nc2cc(C#N)c(C#N)cc21. The van der Waals surface area contributed by atoms with Gasteiger partial charge in [-0.3, -0.25) is 0 Å². The quantitative estimate of drug-likeness (QED) is 0.674. The van der Waals surface area contributed by atoms with E-state index >= 15 is 0 Å². The molecule has 0 bridgehead atoms. The molecule has 0 aliphatic carbocycles. The lowest BCUT2D eigenvalue weighted by Gasteiger charge is -2.08. The Labute approximate surface area is 150 Å². The van der Waals surface area contributed by atoms with E-state index in [1.54, 1.807) is 24.3 Å². The van der Waals surface area contributed by atoms with Crippen molar-refractivity contribution in [2.75, 3.05) is 7.11 Å². The van der Waals surface area contributed by atoms with Gasteiger partial charge in [0.15, 0.2) is 0 Å². The number of fused-ring (bicyclic) bond motifs is 1. The first-order valence-electron chi connectivity index (χ1n) is 8.16. The number of carbonyl (C=O) groups is 1. The molecular weight excluding hydrogens is 328 g/mol. The number of carbonyl (C=O) groups excluding carboxylic acids is 1. The average Bonchev–Trinajstić information content (AvgIpc) is 3.04. The number of hydrogen-bond donors (Lipinski definition) is 0. The summed E-state index contributed by atoms with van der Waals surface area (Å²) in [6, 6.07) is 14.5. The average molecular weight is 344 g/mol. The third-order valence-electron chi connectivity index (χ3n) is 4.14. The lowest BCUT2D eigenvalue weighted by molar-refractivity contribution is 0.0601. The summed E-state index contributed by atoms with van der Waals surface area (Å²) in [7, 11) is 1.34. The van der Waals surface area contributed by atoms with Crippen LogP contribution in [0.1, 0.15) is 34.8 Å². The van der Waals surface area contributed by atoms with Crippen LogP contribution in [0.15, 0.2) is 36.4 Å². The van der Waals surface area contributed by atoms with Gasteiger partial charge in [-0.2, -0.15) is 10.5 Å². The van der Waals surface area contributed by atoms with Crippen LogP contribution in [0.3, 0.4) is 0 Å². The zero-order valence-corrected chi connectivity index (χ0v) is 14.5. The van der Waals surface area contributed by atoms with Gasteiger partial charge in [-0.15, -0.1) is 0 Å². The van der Waals surface area contributed by atoms with Crippen LogP contribution in [0, 0.1) is 22.7 Å². The molecule has 0 saturated heterocycles. The minimum atomic E-state index is -0.393. The van der Waals surface area contributed by atoms with Crippen LogP contribution in [0.25, 0.3) is 22.4 Å². The number of aromatic nitrogens is 2. The molecule has 26 heavy (non-hydrogen) atoms.